The molecule has 1 aliphatic heterocycles. The second-order valence-corrected chi connectivity index (χ2v) is 5.13. The molecule has 0 N–H and O–H groups in total. The molecule has 3 rings (SSSR count). The summed E-state index contributed by atoms with van der Waals surface area (Å²) in [5.74, 6) is -0.227. The van der Waals surface area contributed by atoms with Gasteiger partial charge < -0.3 is 4.74 Å². The average Bonchev–Trinajstić information content (AvgIpc) is 2.86. The van der Waals surface area contributed by atoms with Crippen LogP contribution in [0.2, 0.25) is 10.0 Å². The van der Waals surface area contributed by atoms with Crippen molar-refractivity contribution in [1.82, 2.24) is 0 Å². The molecule has 0 saturated carbocycles. The van der Waals surface area contributed by atoms with Crippen LogP contribution in [0.1, 0.15) is 11.1 Å². The maximum absolute atomic E-state index is 11.9. The number of ether oxygens (including phenoxy) is 1. The molecule has 2 aromatic carbocycles. The molecule has 0 radical (unpaired) electrons. The van der Waals surface area contributed by atoms with Crippen LogP contribution in [0.25, 0.3) is 6.08 Å². The van der Waals surface area contributed by atoms with E-state index < -0.39 is 5.97 Å². The van der Waals surface area contributed by atoms with Crippen molar-refractivity contribution in [3.8, 4) is 0 Å². The summed E-state index contributed by atoms with van der Waals surface area (Å²) in [6.45, 7) is 0. The highest BCUT2D eigenvalue weighted by atomic mass is 35.5. The predicted molar refractivity (Wildman–Crippen MR) is 83.5 cm³/mol. The lowest BCUT2D eigenvalue weighted by molar-refractivity contribution is -0.129. The van der Waals surface area contributed by atoms with Gasteiger partial charge in [0.25, 0.3) is 0 Å². The monoisotopic (exact) mass is 317 g/mol. The number of esters is 1. The zero-order chi connectivity index (χ0) is 14.8. The first-order valence-electron chi connectivity index (χ1n) is 6.17. The Morgan fingerprint density at radius 2 is 1.76 bits per heavy atom. The number of nitrogens with zero attached hydrogens (tertiary/aromatic N) is 1. The third-order valence-electron chi connectivity index (χ3n) is 2.91. The molecular weight excluding hydrogens is 309 g/mol. The topological polar surface area (TPSA) is 38.7 Å². The van der Waals surface area contributed by atoms with Crippen LogP contribution in [0.4, 0.5) is 0 Å². The Kier molecular flexibility index (Phi) is 3.78. The lowest BCUT2D eigenvalue weighted by Gasteiger charge is -1.99. The number of carbonyl (C=O) groups is 1. The van der Waals surface area contributed by atoms with Gasteiger partial charge in [0.2, 0.25) is 5.90 Å². The number of cyclic esters (lactones) is 1. The molecule has 0 unspecified atom stereocenters. The van der Waals surface area contributed by atoms with E-state index in [1.165, 1.54) is 0 Å². The van der Waals surface area contributed by atoms with Gasteiger partial charge >= 0.3 is 5.97 Å². The second kappa shape index (κ2) is 5.72. The Labute approximate surface area is 131 Å². The van der Waals surface area contributed by atoms with E-state index in [0.717, 1.165) is 5.56 Å². The van der Waals surface area contributed by atoms with Gasteiger partial charge in [0, 0.05) is 5.56 Å². The van der Waals surface area contributed by atoms with E-state index in [-0.39, 0.29) is 11.6 Å². The van der Waals surface area contributed by atoms with E-state index >= 15 is 0 Å². The third-order valence-corrected chi connectivity index (χ3v) is 3.75. The van der Waals surface area contributed by atoms with E-state index in [2.05, 4.69) is 4.99 Å². The van der Waals surface area contributed by atoms with Crippen LogP contribution >= 0.6 is 23.2 Å². The normalized spacial score (nSPS) is 16.0. The lowest BCUT2D eigenvalue weighted by Crippen LogP contribution is -2.04. The van der Waals surface area contributed by atoms with Crippen molar-refractivity contribution in [1.29, 1.82) is 0 Å². The maximum atomic E-state index is 11.9. The van der Waals surface area contributed by atoms with Gasteiger partial charge in [0.15, 0.2) is 5.70 Å². The van der Waals surface area contributed by atoms with E-state index in [1.807, 2.05) is 30.3 Å². The van der Waals surface area contributed by atoms with Crippen molar-refractivity contribution in [2.24, 2.45) is 4.99 Å². The first-order valence-corrected chi connectivity index (χ1v) is 6.93. The molecule has 1 heterocycles. The van der Waals surface area contributed by atoms with Crippen molar-refractivity contribution in [2.75, 3.05) is 0 Å². The summed E-state index contributed by atoms with van der Waals surface area (Å²) in [6.07, 6.45) is 1.56. The lowest BCUT2D eigenvalue weighted by atomic mass is 10.2. The zero-order valence-corrected chi connectivity index (χ0v) is 12.2. The van der Waals surface area contributed by atoms with Crippen LogP contribution in [0.15, 0.2) is 59.2 Å². The first kappa shape index (κ1) is 13.9. The van der Waals surface area contributed by atoms with Gasteiger partial charge in [0.05, 0.1) is 10.0 Å². The van der Waals surface area contributed by atoms with E-state index in [1.54, 1.807) is 24.3 Å². The predicted octanol–water partition coefficient (Wildman–Crippen LogP) is 4.34. The summed E-state index contributed by atoms with van der Waals surface area (Å²) in [7, 11) is 0. The van der Waals surface area contributed by atoms with Gasteiger partial charge in [-0.3, -0.25) is 0 Å². The zero-order valence-electron chi connectivity index (χ0n) is 10.7. The van der Waals surface area contributed by atoms with Crippen molar-refractivity contribution < 1.29 is 9.53 Å². The highest BCUT2D eigenvalue weighted by Crippen LogP contribution is 2.28. The Morgan fingerprint density at radius 3 is 2.52 bits per heavy atom. The number of benzene rings is 2. The highest BCUT2D eigenvalue weighted by molar-refractivity contribution is 6.43. The minimum absolute atomic E-state index is 0.193. The fraction of sp³-hybridized carbons (Fsp3) is 0. The molecule has 21 heavy (non-hydrogen) atoms. The van der Waals surface area contributed by atoms with Gasteiger partial charge in [-0.2, -0.15) is 0 Å². The Bertz CT molecular complexity index is 767. The number of carbonyl (C=O) groups excluding carboxylic acids is 1. The Hall–Kier alpha value is -2.10. The van der Waals surface area contributed by atoms with Gasteiger partial charge in [-0.25, -0.2) is 9.79 Å². The highest BCUT2D eigenvalue weighted by Gasteiger charge is 2.24. The number of hydrogen-bond acceptors (Lipinski definition) is 3. The van der Waals surface area contributed by atoms with Crippen molar-refractivity contribution in [3.05, 3.63) is 75.4 Å². The minimum Gasteiger partial charge on any atom is -0.402 e. The van der Waals surface area contributed by atoms with Crippen LogP contribution in [0, 0.1) is 0 Å². The molecule has 0 aliphatic carbocycles. The summed E-state index contributed by atoms with van der Waals surface area (Å²) in [5.41, 5.74) is 1.55. The molecule has 0 amide bonds. The van der Waals surface area contributed by atoms with E-state index in [4.69, 9.17) is 27.9 Å². The molecule has 0 aromatic heterocycles. The number of hydrogen-bond donors (Lipinski definition) is 0. The molecule has 0 spiro atoms. The Balaban J connectivity index is 1.99. The Morgan fingerprint density at radius 1 is 1.00 bits per heavy atom. The molecule has 2 aromatic rings. The quantitative estimate of drug-likeness (QED) is 0.610. The number of aliphatic imine (C=N–C) groups is 1. The number of halogens is 2. The first-order chi connectivity index (χ1) is 10.1. The molecule has 0 atom stereocenters. The summed E-state index contributed by atoms with van der Waals surface area (Å²) in [6, 6.07) is 14.4. The average molecular weight is 318 g/mol. The maximum Gasteiger partial charge on any atom is 0.363 e. The van der Waals surface area contributed by atoms with E-state index in [0.29, 0.717) is 15.6 Å². The van der Waals surface area contributed by atoms with E-state index in [9.17, 15) is 4.79 Å². The SMILES string of the molecule is O=C1OC(c2ccccc2)=NC1=Cc1cccc(Cl)c1Cl. The molecule has 1 aliphatic rings. The second-order valence-electron chi connectivity index (χ2n) is 4.35. The molecule has 0 bridgehead atoms. The molecular formula is C16H9Cl2NO2. The standard InChI is InChI=1S/C16H9Cl2NO2/c17-12-8-4-7-11(14(12)18)9-13-16(20)21-15(19-13)10-5-2-1-3-6-10/h1-9H. The van der Waals surface area contributed by atoms with Crippen molar-refractivity contribution >= 4 is 41.1 Å². The van der Waals surface area contributed by atoms with Crippen molar-refractivity contribution in [2.45, 2.75) is 0 Å². The summed E-state index contributed by atoms with van der Waals surface area (Å²) in [4.78, 5) is 16.1. The van der Waals surface area contributed by atoms with Crippen LogP contribution in [0.3, 0.4) is 0 Å². The molecule has 104 valence electrons. The van der Waals surface area contributed by atoms with Crippen LogP contribution in [0.5, 0.6) is 0 Å². The third kappa shape index (κ3) is 2.84. The molecule has 3 nitrogen and oxygen atoms in total. The molecule has 5 heteroatoms. The fourth-order valence-electron chi connectivity index (χ4n) is 1.89. The van der Waals surface area contributed by atoms with Crippen molar-refractivity contribution in [3.63, 3.8) is 0 Å². The van der Waals surface area contributed by atoms with Gasteiger partial charge in [-0.05, 0) is 29.8 Å². The number of rotatable bonds is 2. The summed E-state index contributed by atoms with van der Waals surface area (Å²) < 4.78 is 5.17. The fourth-order valence-corrected chi connectivity index (χ4v) is 2.25. The summed E-state index contributed by atoms with van der Waals surface area (Å²) >= 11 is 12.0. The van der Waals surface area contributed by atoms with Crippen LogP contribution in [-0.2, 0) is 9.53 Å². The smallest absolute Gasteiger partial charge is 0.363 e. The van der Waals surface area contributed by atoms with Gasteiger partial charge in [0.1, 0.15) is 0 Å². The van der Waals surface area contributed by atoms with Crippen LogP contribution < -0.4 is 0 Å². The summed E-state index contributed by atoms with van der Waals surface area (Å²) in [5, 5.41) is 0.799. The van der Waals surface area contributed by atoms with Crippen LogP contribution in [-0.4, -0.2) is 11.9 Å². The minimum atomic E-state index is -0.509. The van der Waals surface area contributed by atoms with Gasteiger partial charge in [-0.15, -0.1) is 0 Å². The van der Waals surface area contributed by atoms with Gasteiger partial charge in [-0.1, -0.05) is 53.5 Å². The molecule has 0 saturated heterocycles. The largest absolute Gasteiger partial charge is 0.402 e. The molecule has 0 fully saturated rings.